The van der Waals surface area contributed by atoms with Crippen LogP contribution in [0, 0.1) is 5.41 Å². The highest BCUT2D eigenvalue weighted by Gasteiger charge is 2.51. The summed E-state index contributed by atoms with van der Waals surface area (Å²) < 4.78 is 27.3. The van der Waals surface area contributed by atoms with Crippen molar-refractivity contribution in [2.45, 2.75) is 24.5 Å². The van der Waals surface area contributed by atoms with Gasteiger partial charge >= 0.3 is 13.8 Å². The van der Waals surface area contributed by atoms with Crippen LogP contribution < -0.4 is 10.2 Å². The highest BCUT2D eigenvalue weighted by atomic mass is 31.2. The van der Waals surface area contributed by atoms with Gasteiger partial charge in [-0.3, -0.25) is 14.5 Å². The maximum Gasteiger partial charge on any atom is 0.469 e. The number of phosphoric acid groups is 1. The Morgan fingerprint density at radius 1 is 1.55 bits per heavy atom. The number of hydrogen-bond donors (Lipinski definition) is 4. The number of ether oxygens (including phenoxy) is 2. The van der Waals surface area contributed by atoms with Crippen LogP contribution >= 0.6 is 7.82 Å². The fraction of sp³-hybridized carbons (Fsp3) is 0.556. The number of aromatic nitrogens is 2. The van der Waals surface area contributed by atoms with Crippen LogP contribution in [0.3, 0.4) is 0 Å². The number of aliphatic hydroxyl groups is 1. The average molecular weight is 305 g/mol. The van der Waals surface area contributed by atoms with Gasteiger partial charge in [0.15, 0.2) is 17.8 Å². The van der Waals surface area contributed by atoms with Crippen LogP contribution in [-0.2, 0) is 13.8 Å². The van der Waals surface area contributed by atoms with E-state index in [1.807, 2.05) is 0 Å². The van der Waals surface area contributed by atoms with E-state index in [9.17, 15) is 9.67 Å². The van der Waals surface area contributed by atoms with E-state index in [2.05, 4.69) is 9.51 Å². The highest BCUT2D eigenvalue weighted by molar-refractivity contribution is 7.46. The zero-order valence-corrected chi connectivity index (χ0v) is 10.9. The molecule has 3 heterocycles. The number of hydrogen-bond acceptors (Lipinski definition) is 7. The van der Waals surface area contributed by atoms with Crippen LogP contribution in [0.4, 0.5) is 0 Å². The molecule has 20 heavy (non-hydrogen) atoms. The molecule has 0 saturated carbocycles. The minimum atomic E-state index is -4.62. The largest absolute Gasteiger partial charge is 0.469 e. The molecule has 1 aromatic heterocycles. The lowest BCUT2D eigenvalue weighted by Crippen LogP contribution is -2.35. The van der Waals surface area contributed by atoms with Crippen molar-refractivity contribution < 1.29 is 33.5 Å². The van der Waals surface area contributed by atoms with Gasteiger partial charge in [0.1, 0.15) is 12.2 Å². The van der Waals surface area contributed by atoms with E-state index in [1.165, 1.54) is 16.8 Å². The number of aliphatic hydroxyl groups excluding tert-OH is 1. The summed E-state index contributed by atoms with van der Waals surface area (Å²) in [7, 11) is -4.62. The lowest BCUT2D eigenvalue weighted by atomic mass is 10.1. The van der Waals surface area contributed by atoms with Gasteiger partial charge < -0.3 is 24.4 Å². The number of rotatable bonds is 3. The molecule has 0 radical (unpaired) electrons. The monoisotopic (exact) mass is 305 g/mol. The van der Waals surface area contributed by atoms with E-state index in [4.69, 9.17) is 24.7 Å². The fourth-order valence-corrected chi connectivity index (χ4v) is 2.53. The van der Waals surface area contributed by atoms with Crippen LogP contribution in [0.5, 0.6) is 6.01 Å². The standard InChI is InChI=1S/C9H12N3O7P/c10-5-1-2-12-8-7(19-9(12)11-5)6(13)4(18-8)3-17-20(14,15)16/h1-2,4,6-8,10,13H,3H2,(H2,14,15,16)/t4-,6-,7+,8-/m1/s1. The Morgan fingerprint density at radius 2 is 2.30 bits per heavy atom. The van der Waals surface area contributed by atoms with E-state index in [0.29, 0.717) is 0 Å². The molecule has 0 aromatic carbocycles. The predicted molar refractivity (Wildman–Crippen MR) is 60.4 cm³/mol. The molecule has 110 valence electrons. The van der Waals surface area contributed by atoms with E-state index < -0.39 is 39.0 Å². The number of nitrogens with zero attached hydrogens (tertiary/aromatic N) is 2. The van der Waals surface area contributed by atoms with Crippen LogP contribution in [0.1, 0.15) is 6.23 Å². The maximum absolute atomic E-state index is 10.6. The lowest BCUT2D eigenvalue weighted by molar-refractivity contribution is -0.0426. The molecule has 11 heteroatoms. The third-order valence-corrected chi connectivity index (χ3v) is 3.55. The highest BCUT2D eigenvalue weighted by Crippen LogP contribution is 2.41. The molecule has 4 N–H and O–H groups in total. The number of phosphoric ester groups is 1. The molecule has 1 aromatic rings. The summed E-state index contributed by atoms with van der Waals surface area (Å²) in [5.41, 5.74) is 0.0205. The maximum atomic E-state index is 10.6. The lowest BCUT2D eigenvalue weighted by Gasteiger charge is -2.17. The van der Waals surface area contributed by atoms with Crippen molar-refractivity contribution in [2.75, 3.05) is 6.61 Å². The van der Waals surface area contributed by atoms with Gasteiger partial charge in [0.05, 0.1) is 6.61 Å². The summed E-state index contributed by atoms with van der Waals surface area (Å²) in [5.74, 6) is 0. The molecule has 2 aliphatic rings. The summed E-state index contributed by atoms with van der Waals surface area (Å²) in [6.45, 7) is -0.457. The zero-order valence-electron chi connectivity index (χ0n) is 9.99. The first-order valence-electron chi connectivity index (χ1n) is 5.69. The molecular weight excluding hydrogens is 293 g/mol. The molecule has 0 unspecified atom stereocenters. The number of nitrogens with one attached hydrogen (secondary N) is 1. The molecular formula is C9H12N3O7P. The molecule has 4 atom stereocenters. The Hall–Kier alpha value is -1.29. The molecule has 0 bridgehead atoms. The molecule has 0 spiro atoms. The van der Waals surface area contributed by atoms with Crippen molar-refractivity contribution in [3.8, 4) is 6.01 Å². The van der Waals surface area contributed by atoms with Crippen molar-refractivity contribution in [3.63, 3.8) is 0 Å². The SMILES string of the molecule is N=c1ccn2c(n1)O[C@H]1[C@H](O)[C@@H](COP(=O)(O)O)O[C@H]12. The Balaban J connectivity index is 1.77. The molecule has 10 nitrogen and oxygen atoms in total. The second-order valence-corrected chi connectivity index (χ2v) is 5.67. The van der Waals surface area contributed by atoms with Crippen LogP contribution in [0.2, 0.25) is 0 Å². The van der Waals surface area contributed by atoms with Gasteiger partial charge in [0.2, 0.25) is 0 Å². The van der Waals surface area contributed by atoms with Gasteiger partial charge in [-0.1, -0.05) is 0 Å². The van der Waals surface area contributed by atoms with Crippen molar-refractivity contribution in [1.82, 2.24) is 9.55 Å². The normalized spacial score (nSPS) is 31.8. The van der Waals surface area contributed by atoms with Gasteiger partial charge in [-0.25, -0.2) is 4.57 Å². The average Bonchev–Trinajstić information content (AvgIpc) is 2.83. The van der Waals surface area contributed by atoms with Crippen molar-refractivity contribution in [1.29, 1.82) is 5.41 Å². The van der Waals surface area contributed by atoms with E-state index in [1.54, 1.807) is 0 Å². The summed E-state index contributed by atoms with van der Waals surface area (Å²) in [6.07, 6.45) is -1.93. The molecule has 1 fully saturated rings. The first-order valence-corrected chi connectivity index (χ1v) is 7.22. The smallest absolute Gasteiger partial charge is 0.454 e. The Labute approximate surface area is 112 Å². The van der Waals surface area contributed by atoms with Gasteiger partial charge in [-0.05, 0) is 6.07 Å². The van der Waals surface area contributed by atoms with Gasteiger partial charge in [-0.15, -0.1) is 0 Å². The van der Waals surface area contributed by atoms with Crippen LogP contribution in [0.25, 0.3) is 0 Å². The summed E-state index contributed by atoms with van der Waals surface area (Å²) >= 11 is 0. The molecule has 0 aliphatic carbocycles. The second-order valence-electron chi connectivity index (χ2n) is 4.43. The van der Waals surface area contributed by atoms with Crippen molar-refractivity contribution in [2.24, 2.45) is 0 Å². The fourth-order valence-electron chi connectivity index (χ4n) is 2.19. The zero-order chi connectivity index (χ0) is 14.5. The summed E-state index contributed by atoms with van der Waals surface area (Å²) in [4.78, 5) is 21.1. The third kappa shape index (κ3) is 2.37. The molecule has 0 amide bonds. The molecule has 3 rings (SSSR count). The summed E-state index contributed by atoms with van der Waals surface area (Å²) in [6, 6.07) is 1.59. The van der Waals surface area contributed by atoms with Crippen LogP contribution in [0.15, 0.2) is 12.3 Å². The van der Waals surface area contributed by atoms with E-state index in [-0.39, 0.29) is 11.5 Å². The second kappa shape index (κ2) is 4.62. The van der Waals surface area contributed by atoms with Crippen molar-refractivity contribution in [3.05, 3.63) is 17.8 Å². The van der Waals surface area contributed by atoms with Gasteiger partial charge in [0.25, 0.3) is 0 Å². The number of fused-ring (bicyclic) bond motifs is 3. The minimum absolute atomic E-state index is 0.0205. The Kier molecular flexibility index (Phi) is 3.16. The quantitative estimate of drug-likeness (QED) is 0.493. The third-order valence-electron chi connectivity index (χ3n) is 3.07. The van der Waals surface area contributed by atoms with Gasteiger partial charge in [0, 0.05) is 6.20 Å². The van der Waals surface area contributed by atoms with Gasteiger partial charge in [-0.2, -0.15) is 4.98 Å². The molecule has 1 saturated heterocycles. The minimum Gasteiger partial charge on any atom is -0.454 e. The van der Waals surface area contributed by atoms with E-state index >= 15 is 0 Å². The topological polar surface area (TPSA) is 147 Å². The van der Waals surface area contributed by atoms with E-state index in [0.717, 1.165) is 0 Å². The van der Waals surface area contributed by atoms with Crippen LogP contribution in [-0.4, -0.2) is 49.4 Å². The Morgan fingerprint density at radius 3 is 3.00 bits per heavy atom. The molecule has 2 aliphatic heterocycles. The first-order chi connectivity index (χ1) is 9.35. The van der Waals surface area contributed by atoms with Crippen molar-refractivity contribution >= 4 is 7.82 Å². The predicted octanol–water partition coefficient (Wildman–Crippen LogP) is -1.51. The first kappa shape index (κ1) is 13.7. The summed E-state index contributed by atoms with van der Waals surface area (Å²) in [5, 5.41) is 17.4. The Bertz CT molecular complexity index is 628.